The van der Waals surface area contributed by atoms with Gasteiger partial charge in [0.05, 0.1) is 0 Å². The topological polar surface area (TPSA) is 64.3 Å². The lowest BCUT2D eigenvalue weighted by molar-refractivity contribution is 0.0943. The SMILES string of the molecule is O=C(NCCN1CCN(c2ccncc2)CC1)c1cc2cc(F)ccc2[nH]1. The van der Waals surface area contributed by atoms with Gasteiger partial charge in [0.1, 0.15) is 11.5 Å². The third-order valence-electron chi connectivity index (χ3n) is 4.94. The van der Waals surface area contributed by atoms with Gasteiger partial charge in [0.2, 0.25) is 0 Å². The Balaban J connectivity index is 1.24. The molecule has 0 bridgehead atoms. The largest absolute Gasteiger partial charge is 0.369 e. The number of aromatic nitrogens is 2. The van der Waals surface area contributed by atoms with Crippen LogP contribution in [0.4, 0.5) is 10.1 Å². The number of hydrogen-bond acceptors (Lipinski definition) is 4. The average Bonchev–Trinajstić information content (AvgIpc) is 3.12. The van der Waals surface area contributed by atoms with Gasteiger partial charge in [-0.05, 0) is 36.4 Å². The molecule has 7 heteroatoms. The number of anilines is 1. The van der Waals surface area contributed by atoms with Crippen LogP contribution in [0.15, 0.2) is 48.8 Å². The molecule has 0 spiro atoms. The smallest absolute Gasteiger partial charge is 0.267 e. The molecular formula is C20H22FN5O. The number of nitrogens with one attached hydrogen (secondary N) is 2. The van der Waals surface area contributed by atoms with Crippen molar-refractivity contribution in [3.63, 3.8) is 0 Å². The highest BCUT2D eigenvalue weighted by molar-refractivity contribution is 5.97. The van der Waals surface area contributed by atoms with E-state index in [4.69, 9.17) is 0 Å². The van der Waals surface area contributed by atoms with Crippen molar-refractivity contribution < 1.29 is 9.18 Å². The fraction of sp³-hybridized carbons (Fsp3) is 0.300. The van der Waals surface area contributed by atoms with Crippen LogP contribution in [0.2, 0.25) is 0 Å². The minimum atomic E-state index is -0.306. The molecule has 1 amide bonds. The molecule has 0 aliphatic carbocycles. The van der Waals surface area contributed by atoms with E-state index in [9.17, 15) is 9.18 Å². The van der Waals surface area contributed by atoms with Crippen molar-refractivity contribution in [2.75, 3.05) is 44.2 Å². The number of amides is 1. The van der Waals surface area contributed by atoms with Crippen molar-refractivity contribution in [2.24, 2.45) is 0 Å². The Morgan fingerprint density at radius 2 is 1.89 bits per heavy atom. The minimum absolute atomic E-state index is 0.165. The fourth-order valence-electron chi connectivity index (χ4n) is 3.43. The molecule has 3 heterocycles. The maximum absolute atomic E-state index is 13.3. The van der Waals surface area contributed by atoms with Gasteiger partial charge in [0, 0.05) is 68.3 Å². The predicted octanol–water partition coefficient (Wildman–Crippen LogP) is 2.25. The number of carbonyl (C=O) groups is 1. The number of halogens is 1. The highest BCUT2D eigenvalue weighted by Gasteiger charge is 2.17. The third kappa shape index (κ3) is 4.09. The Bertz CT molecular complexity index is 919. The second-order valence-corrected chi connectivity index (χ2v) is 6.70. The number of nitrogens with zero attached hydrogens (tertiary/aromatic N) is 3. The molecule has 6 nitrogen and oxygen atoms in total. The average molecular weight is 367 g/mol. The molecule has 0 radical (unpaired) electrons. The number of pyridine rings is 1. The van der Waals surface area contributed by atoms with E-state index < -0.39 is 0 Å². The number of piperazine rings is 1. The Labute approximate surface area is 157 Å². The van der Waals surface area contributed by atoms with Crippen LogP contribution in [-0.4, -0.2) is 60.0 Å². The monoisotopic (exact) mass is 367 g/mol. The summed E-state index contributed by atoms with van der Waals surface area (Å²) in [5.41, 5.74) is 2.42. The van der Waals surface area contributed by atoms with Crippen LogP contribution in [0.1, 0.15) is 10.5 Å². The van der Waals surface area contributed by atoms with E-state index >= 15 is 0 Å². The number of fused-ring (bicyclic) bond motifs is 1. The number of aromatic amines is 1. The molecule has 140 valence electrons. The Hall–Kier alpha value is -2.93. The molecule has 1 aliphatic heterocycles. The van der Waals surface area contributed by atoms with Gasteiger partial charge >= 0.3 is 0 Å². The molecule has 1 aliphatic rings. The lowest BCUT2D eigenvalue weighted by Gasteiger charge is -2.36. The van der Waals surface area contributed by atoms with Crippen LogP contribution in [0, 0.1) is 5.82 Å². The second kappa shape index (κ2) is 7.75. The van der Waals surface area contributed by atoms with Crippen LogP contribution in [0.5, 0.6) is 0 Å². The first-order chi connectivity index (χ1) is 13.2. The summed E-state index contributed by atoms with van der Waals surface area (Å²) in [6.07, 6.45) is 3.63. The molecule has 3 aromatic rings. The molecule has 1 aromatic carbocycles. The van der Waals surface area contributed by atoms with Gasteiger partial charge in [-0.1, -0.05) is 0 Å². The summed E-state index contributed by atoms with van der Waals surface area (Å²) in [5.74, 6) is -0.471. The van der Waals surface area contributed by atoms with Crippen molar-refractivity contribution in [3.05, 3.63) is 60.3 Å². The molecular weight excluding hydrogens is 345 g/mol. The lowest BCUT2D eigenvalue weighted by atomic mass is 10.2. The van der Waals surface area contributed by atoms with Gasteiger partial charge in [-0.15, -0.1) is 0 Å². The highest BCUT2D eigenvalue weighted by atomic mass is 19.1. The summed E-state index contributed by atoms with van der Waals surface area (Å²) in [7, 11) is 0. The van der Waals surface area contributed by atoms with Crippen molar-refractivity contribution in [2.45, 2.75) is 0 Å². The van der Waals surface area contributed by atoms with Gasteiger partial charge in [0.15, 0.2) is 0 Å². The van der Waals surface area contributed by atoms with E-state index in [0.717, 1.165) is 38.2 Å². The normalized spacial score (nSPS) is 15.2. The molecule has 0 atom stereocenters. The van der Waals surface area contributed by atoms with E-state index in [1.165, 1.54) is 17.8 Å². The van der Waals surface area contributed by atoms with E-state index in [-0.39, 0.29) is 11.7 Å². The summed E-state index contributed by atoms with van der Waals surface area (Å²) in [4.78, 5) is 24.1. The Morgan fingerprint density at radius 1 is 1.11 bits per heavy atom. The van der Waals surface area contributed by atoms with E-state index in [1.54, 1.807) is 12.1 Å². The first-order valence-corrected chi connectivity index (χ1v) is 9.13. The van der Waals surface area contributed by atoms with Crippen molar-refractivity contribution in [1.82, 2.24) is 20.2 Å². The number of rotatable bonds is 5. The number of H-pyrrole nitrogens is 1. The zero-order valence-corrected chi connectivity index (χ0v) is 15.0. The molecule has 0 saturated carbocycles. The van der Waals surface area contributed by atoms with Crippen molar-refractivity contribution in [3.8, 4) is 0 Å². The van der Waals surface area contributed by atoms with Gasteiger partial charge in [-0.25, -0.2) is 4.39 Å². The number of carbonyl (C=O) groups excluding carboxylic acids is 1. The molecule has 2 N–H and O–H groups in total. The quantitative estimate of drug-likeness (QED) is 0.726. The van der Waals surface area contributed by atoms with E-state index in [1.807, 2.05) is 24.5 Å². The number of benzene rings is 1. The van der Waals surface area contributed by atoms with E-state index in [2.05, 4.69) is 25.1 Å². The summed E-state index contributed by atoms with van der Waals surface area (Å²) >= 11 is 0. The summed E-state index contributed by atoms with van der Waals surface area (Å²) in [6, 6.07) is 10.2. The van der Waals surface area contributed by atoms with Crippen LogP contribution in [0.25, 0.3) is 10.9 Å². The first kappa shape index (κ1) is 17.5. The molecule has 2 aromatic heterocycles. The summed E-state index contributed by atoms with van der Waals surface area (Å²) in [5, 5.41) is 3.64. The van der Waals surface area contributed by atoms with Crippen LogP contribution in [0.3, 0.4) is 0 Å². The van der Waals surface area contributed by atoms with Gasteiger partial charge < -0.3 is 15.2 Å². The molecule has 27 heavy (non-hydrogen) atoms. The van der Waals surface area contributed by atoms with Crippen molar-refractivity contribution >= 4 is 22.5 Å². The highest BCUT2D eigenvalue weighted by Crippen LogP contribution is 2.17. The maximum atomic E-state index is 13.3. The minimum Gasteiger partial charge on any atom is -0.369 e. The molecule has 4 rings (SSSR count). The van der Waals surface area contributed by atoms with Gasteiger partial charge in [-0.3, -0.25) is 14.7 Å². The molecule has 1 saturated heterocycles. The summed E-state index contributed by atoms with van der Waals surface area (Å²) < 4.78 is 13.3. The number of hydrogen-bond donors (Lipinski definition) is 2. The maximum Gasteiger partial charge on any atom is 0.267 e. The Kier molecular flexibility index (Phi) is 5.02. The molecule has 1 fully saturated rings. The van der Waals surface area contributed by atoms with Crippen LogP contribution in [-0.2, 0) is 0 Å². The third-order valence-corrected chi connectivity index (χ3v) is 4.94. The fourth-order valence-corrected chi connectivity index (χ4v) is 3.43. The summed E-state index contributed by atoms with van der Waals surface area (Å²) in [6.45, 7) is 5.24. The van der Waals surface area contributed by atoms with Crippen molar-refractivity contribution in [1.29, 1.82) is 0 Å². The van der Waals surface area contributed by atoms with Gasteiger partial charge in [-0.2, -0.15) is 0 Å². The zero-order valence-electron chi connectivity index (χ0n) is 15.0. The van der Waals surface area contributed by atoms with Crippen LogP contribution >= 0.6 is 0 Å². The van der Waals surface area contributed by atoms with Gasteiger partial charge in [0.25, 0.3) is 5.91 Å². The Morgan fingerprint density at radius 3 is 2.67 bits per heavy atom. The van der Waals surface area contributed by atoms with E-state index in [0.29, 0.717) is 17.6 Å². The first-order valence-electron chi connectivity index (χ1n) is 9.13. The lowest BCUT2D eigenvalue weighted by Crippen LogP contribution is -2.48. The standard InChI is InChI=1S/C20H22FN5O/c21-16-1-2-18-15(13-16)14-19(24-18)20(27)23-7-8-25-9-11-26(12-10-25)17-3-5-22-6-4-17/h1-6,13-14,24H,7-12H2,(H,23,27). The molecule has 0 unspecified atom stereocenters. The second-order valence-electron chi connectivity index (χ2n) is 6.70. The zero-order chi connectivity index (χ0) is 18.6. The van der Waals surface area contributed by atoms with Crippen LogP contribution < -0.4 is 10.2 Å². The predicted molar refractivity (Wildman–Crippen MR) is 103 cm³/mol.